The van der Waals surface area contributed by atoms with Gasteiger partial charge in [-0.1, -0.05) is 44.2 Å². The number of aliphatic hydroxyl groups is 1. The van der Waals surface area contributed by atoms with E-state index < -0.39 is 18.1 Å². The van der Waals surface area contributed by atoms with E-state index in [-0.39, 0.29) is 11.8 Å². The van der Waals surface area contributed by atoms with Gasteiger partial charge in [0.15, 0.2) is 0 Å². The molecular weight excluding hydrogens is 256 g/mol. The zero-order chi connectivity index (χ0) is 15.1. The third kappa shape index (κ3) is 4.66. The van der Waals surface area contributed by atoms with E-state index in [1.807, 2.05) is 30.3 Å². The summed E-state index contributed by atoms with van der Waals surface area (Å²) in [5.74, 6) is -0.903. The maximum atomic E-state index is 11.8. The van der Waals surface area contributed by atoms with Crippen molar-refractivity contribution in [3.05, 3.63) is 35.9 Å². The van der Waals surface area contributed by atoms with Gasteiger partial charge in [0.05, 0.1) is 6.10 Å². The fraction of sp³-hybridized carbons (Fsp3) is 0.467. The number of hydrogen-bond donors (Lipinski definition) is 3. The fourth-order valence-electron chi connectivity index (χ4n) is 1.79. The van der Waals surface area contributed by atoms with Gasteiger partial charge >= 0.3 is 0 Å². The lowest BCUT2D eigenvalue weighted by Crippen LogP contribution is -2.54. The van der Waals surface area contributed by atoms with Crippen LogP contribution in [0.15, 0.2) is 30.3 Å². The Kier molecular flexibility index (Phi) is 6.18. The predicted molar refractivity (Wildman–Crippen MR) is 77.0 cm³/mol. The summed E-state index contributed by atoms with van der Waals surface area (Å²) in [6.07, 6.45) is -0.669. The van der Waals surface area contributed by atoms with Gasteiger partial charge in [0.25, 0.3) is 0 Å². The van der Waals surface area contributed by atoms with Crippen LogP contribution in [0.4, 0.5) is 0 Å². The van der Waals surface area contributed by atoms with E-state index in [1.165, 1.54) is 7.05 Å². The molecule has 2 atom stereocenters. The molecule has 0 aliphatic heterocycles. The summed E-state index contributed by atoms with van der Waals surface area (Å²) in [6.45, 7) is 3.47. The first-order valence-corrected chi connectivity index (χ1v) is 6.69. The van der Waals surface area contributed by atoms with Gasteiger partial charge < -0.3 is 15.7 Å². The summed E-state index contributed by atoms with van der Waals surface area (Å²) in [5.41, 5.74) is 0.910. The van der Waals surface area contributed by atoms with Crippen LogP contribution in [-0.2, 0) is 16.0 Å². The Morgan fingerprint density at radius 3 is 2.25 bits per heavy atom. The predicted octanol–water partition coefficient (Wildman–Crippen LogP) is 0.477. The molecule has 3 N–H and O–H groups in total. The number of benzene rings is 1. The molecule has 0 radical (unpaired) electrons. The molecule has 0 heterocycles. The molecule has 20 heavy (non-hydrogen) atoms. The Bertz CT molecular complexity index is 446. The van der Waals surface area contributed by atoms with Crippen LogP contribution in [0.2, 0.25) is 0 Å². The molecule has 0 aliphatic rings. The summed E-state index contributed by atoms with van der Waals surface area (Å²) >= 11 is 0. The minimum atomic E-state index is -0.972. The monoisotopic (exact) mass is 278 g/mol. The van der Waals surface area contributed by atoms with E-state index in [0.717, 1.165) is 5.56 Å². The van der Waals surface area contributed by atoms with Crippen molar-refractivity contribution in [1.82, 2.24) is 10.6 Å². The molecule has 0 fully saturated rings. The zero-order valence-corrected chi connectivity index (χ0v) is 12.1. The van der Waals surface area contributed by atoms with Crippen molar-refractivity contribution in [1.29, 1.82) is 0 Å². The number of carbonyl (C=O) groups is 2. The molecule has 1 rings (SSSR count). The van der Waals surface area contributed by atoms with E-state index in [4.69, 9.17) is 0 Å². The van der Waals surface area contributed by atoms with Crippen LogP contribution in [0.5, 0.6) is 0 Å². The molecule has 5 heteroatoms. The molecule has 2 unspecified atom stereocenters. The molecule has 0 saturated heterocycles. The number of likely N-dealkylation sites (N-methyl/N-ethyl adjacent to an activating group) is 1. The Morgan fingerprint density at radius 1 is 1.15 bits per heavy atom. The first-order valence-electron chi connectivity index (χ1n) is 6.69. The van der Waals surface area contributed by atoms with E-state index in [9.17, 15) is 14.7 Å². The third-order valence-corrected chi connectivity index (χ3v) is 3.02. The normalized spacial score (nSPS) is 13.7. The highest BCUT2D eigenvalue weighted by Crippen LogP contribution is 2.07. The largest absolute Gasteiger partial charge is 0.390 e. The van der Waals surface area contributed by atoms with Crippen molar-refractivity contribution >= 4 is 11.8 Å². The number of nitrogens with one attached hydrogen (secondary N) is 2. The van der Waals surface area contributed by atoms with Gasteiger partial charge in [-0.05, 0) is 5.56 Å². The zero-order valence-electron chi connectivity index (χ0n) is 12.1. The standard InChI is InChI=1S/C15H22N2O3/c1-10(2)14(19)17-13(15(20)16-3)12(18)9-11-7-5-4-6-8-11/h4-8,10,12-13,18H,9H2,1-3H3,(H,16,20)(H,17,19). The van der Waals surface area contributed by atoms with Crippen LogP contribution in [0.25, 0.3) is 0 Å². The quantitative estimate of drug-likeness (QED) is 0.708. The molecule has 110 valence electrons. The number of carbonyl (C=O) groups excluding carboxylic acids is 2. The molecule has 0 saturated carbocycles. The molecule has 0 bridgehead atoms. The average molecular weight is 278 g/mol. The second kappa shape index (κ2) is 7.65. The molecule has 1 aromatic carbocycles. The Balaban J connectivity index is 2.77. The van der Waals surface area contributed by atoms with Crippen LogP contribution in [-0.4, -0.2) is 36.1 Å². The first kappa shape index (κ1) is 16.2. The van der Waals surface area contributed by atoms with E-state index in [2.05, 4.69) is 10.6 Å². The SMILES string of the molecule is CNC(=O)C(NC(=O)C(C)C)C(O)Cc1ccccc1. The molecule has 1 aromatic rings. The van der Waals surface area contributed by atoms with Gasteiger partial charge in [-0.3, -0.25) is 9.59 Å². The lowest BCUT2D eigenvalue weighted by Gasteiger charge is -2.23. The smallest absolute Gasteiger partial charge is 0.245 e. The molecule has 2 amide bonds. The molecule has 5 nitrogen and oxygen atoms in total. The number of rotatable bonds is 6. The van der Waals surface area contributed by atoms with E-state index in [1.54, 1.807) is 13.8 Å². The summed E-state index contributed by atoms with van der Waals surface area (Å²) in [6, 6.07) is 8.40. The van der Waals surface area contributed by atoms with Crippen molar-refractivity contribution in [2.24, 2.45) is 5.92 Å². The molecule has 0 spiro atoms. The first-order chi connectivity index (χ1) is 9.45. The third-order valence-electron chi connectivity index (χ3n) is 3.02. The lowest BCUT2D eigenvalue weighted by atomic mass is 10.0. The molecule has 0 aromatic heterocycles. The van der Waals surface area contributed by atoms with Crippen LogP contribution in [0, 0.1) is 5.92 Å². The van der Waals surface area contributed by atoms with E-state index in [0.29, 0.717) is 6.42 Å². The average Bonchev–Trinajstić information content (AvgIpc) is 2.44. The van der Waals surface area contributed by atoms with E-state index >= 15 is 0 Å². The number of hydrogen-bond acceptors (Lipinski definition) is 3. The Hall–Kier alpha value is -1.88. The molecule has 0 aliphatic carbocycles. The van der Waals surface area contributed by atoms with Crippen LogP contribution in [0.3, 0.4) is 0 Å². The second-order valence-electron chi connectivity index (χ2n) is 5.01. The highest BCUT2D eigenvalue weighted by molar-refractivity contribution is 5.88. The minimum Gasteiger partial charge on any atom is -0.390 e. The van der Waals surface area contributed by atoms with Crippen molar-refractivity contribution in [3.8, 4) is 0 Å². The van der Waals surface area contributed by atoms with Crippen LogP contribution >= 0.6 is 0 Å². The summed E-state index contributed by atoms with van der Waals surface area (Å²) < 4.78 is 0. The van der Waals surface area contributed by atoms with Gasteiger partial charge in [0.1, 0.15) is 6.04 Å². The maximum Gasteiger partial charge on any atom is 0.245 e. The Morgan fingerprint density at radius 2 is 1.75 bits per heavy atom. The number of aliphatic hydroxyl groups excluding tert-OH is 1. The minimum absolute atomic E-state index is 0.244. The van der Waals surface area contributed by atoms with Crippen molar-refractivity contribution in [2.75, 3.05) is 7.05 Å². The van der Waals surface area contributed by atoms with Gasteiger partial charge in [0.2, 0.25) is 11.8 Å². The highest BCUT2D eigenvalue weighted by Gasteiger charge is 2.28. The topological polar surface area (TPSA) is 78.4 Å². The molecular formula is C15H22N2O3. The lowest BCUT2D eigenvalue weighted by molar-refractivity contribution is -0.133. The highest BCUT2D eigenvalue weighted by atomic mass is 16.3. The van der Waals surface area contributed by atoms with Gasteiger partial charge in [-0.2, -0.15) is 0 Å². The number of amides is 2. The van der Waals surface area contributed by atoms with Crippen molar-refractivity contribution in [2.45, 2.75) is 32.4 Å². The Labute approximate surface area is 119 Å². The summed E-state index contributed by atoms with van der Waals surface area (Å²) in [4.78, 5) is 23.5. The fourth-order valence-corrected chi connectivity index (χ4v) is 1.79. The summed E-state index contributed by atoms with van der Waals surface area (Å²) in [7, 11) is 1.48. The second-order valence-corrected chi connectivity index (χ2v) is 5.01. The van der Waals surface area contributed by atoms with Crippen LogP contribution < -0.4 is 10.6 Å². The van der Waals surface area contributed by atoms with Crippen LogP contribution in [0.1, 0.15) is 19.4 Å². The van der Waals surface area contributed by atoms with Gasteiger partial charge in [0, 0.05) is 19.4 Å². The van der Waals surface area contributed by atoms with Crippen molar-refractivity contribution in [3.63, 3.8) is 0 Å². The maximum absolute atomic E-state index is 11.8. The van der Waals surface area contributed by atoms with Crippen molar-refractivity contribution < 1.29 is 14.7 Å². The van der Waals surface area contributed by atoms with Gasteiger partial charge in [-0.15, -0.1) is 0 Å². The summed E-state index contributed by atoms with van der Waals surface area (Å²) in [5, 5.41) is 15.3. The van der Waals surface area contributed by atoms with Gasteiger partial charge in [-0.25, -0.2) is 0 Å².